The Morgan fingerprint density at radius 2 is 2.00 bits per heavy atom. The first kappa shape index (κ1) is 9.85. The second kappa shape index (κ2) is 3.65. The minimum absolute atomic E-state index is 0.139. The standard InChI is InChI=1S/C12H16O/c1-5-10-7-6-8-11(9-10)13-12(2,3)4/h5-9H,1H2,2-4H3. The predicted octanol–water partition coefficient (Wildman–Crippen LogP) is 3.51. The molecule has 70 valence electrons. The maximum Gasteiger partial charge on any atom is 0.120 e. The summed E-state index contributed by atoms with van der Waals surface area (Å²) in [6.45, 7) is 9.82. The third-order valence-corrected chi connectivity index (χ3v) is 1.52. The molecule has 1 heteroatoms. The average Bonchev–Trinajstić information content (AvgIpc) is 2.01. The first-order chi connectivity index (χ1) is 6.01. The normalized spacial score (nSPS) is 11.0. The van der Waals surface area contributed by atoms with E-state index in [2.05, 4.69) is 6.58 Å². The van der Waals surface area contributed by atoms with Gasteiger partial charge in [-0.1, -0.05) is 24.8 Å². The van der Waals surface area contributed by atoms with Gasteiger partial charge < -0.3 is 4.74 Å². The van der Waals surface area contributed by atoms with Crippen LogP contribution < -0.4 is 4.74 Å². The highest BCUT2D eigenvalue weighted by atomic mass is 16.5. The average molecular weight is 176 g/mol. The lowest BCUT2D eigenvalue weighted by Crippen LogP contribution is -2.22. The van der Waals surface area contributed by atoms with Crippen LogP contribution in [0.1, 0.15) is 26.3 Å². The van der Waals surface area contributed by atoms with Crippen molar-refractivity contribution in [2.45, 2.75) is 26.4 Å². The van der Waals surface area contributed by atoms with E-state index in [1.54, 1.807) is 0 Å². The fourth-order valence-corrected chi connectivity index (χ4v) is 1.06. The van der Waals surface area contributed by atoms with Gasteiger partial charge in [-0.15, -0.1) is 0 Å². The molecule has 0 saturated heterocycles. The van der Waals surface area contributed by atoms with Gasteiger partial charge in [-0.25, -0.2) is 0 Å². The van der Waals surface area contributed by atoms with Crippen LogP contribution in [0.4, 0.5) is 0 Å². The van der Waals surface area contributed by atoms with Crippen molar-refractivity contribution in [3.05, 3.63) is 36.4 Å². The number of benzene rings is 1. The Bertz CT molecular complexity index is 294. The van der Waals surface area contributed by atoms with Crippen molar-refractivity contribution in [1.29, 1.82) is 0 Å². The molecular formula is C12H16O. The molecule has 1 rings (SSSR count). The minimum Gasteiger partial charge on any atom is -0.488 e. The van der Waals surface area contributed by atoms with Crippen molar-refractivity contribution in [3.63, 3.8) is 0 Å². The van der Waals surface area contributed by atoms with Crippen LogP contribution >= 0.6 is 0 Å². The lowest BCUT2D eigenvalue weighted by Gasteiger charge is -2.21. The summed E-state index contributed by atoms with van der Waals surface area (Å²) in [5.41, 5.74) is 0.946. The van der Waals surface area contributed by atoms with Crippen LogP contribution in [0.2, 0.25) is 0 Å². The van der Waals surface area contributed by atoms with Crippen LogP contribution in [0.15, 0.2) is 30.8 Å². The van der Waals surface area contributed by atoms with Crippen molar-refractivity contribution in [2.24, 2.45) is 0 Å². The fraction of sp³-hybridized carbons (Fsp3) is 0.333. The quantitative estimate of drug-likeness (QED) is 0.670. The zero-order chi connectivity index (χ0) is 9.90. The molecule has 0 amide bonds. The topological polar surface area (TPSA) is 9.23 Å². The van der Waals surface area contributed by atoms with Gasteiger partial charge >= 0.3 is 0 Å². The van der Waals surface area contributed by atoms with E-state index >= 15 is 0 Å². The fourth-order valence-electron chi connectivity index (χ4n) is 1.06. The molecular weight excluding hydrogens is 160 g/mol. The summed E-state index contributed by atoms with van der Waals surface area (Å²) < 4.78 is 5.70. The third-order valence-electron chi connectivity index (χ3n) is 1.52. The zero-order valence-corrected chi connectivity index (χ0v) is 8.50. The predicted molar refractivity (Wildman–Crippen MR) is 56.9 cm³/mol. The second-order valence-electron chi connectivity index (χ2n) is 3.99. The summed E-state index contributed by atoms with van der Waals surface area (Å²) in [7, 11) is 0. The van der Waals surface area contributed by atoms with Crippen LogP contribution in [0.5, 0.6) is 5.75 Å². The molecule has 0 bridgehead atoms. The molecule has 0 spiro atoms. The molecule has 0 fully saturated rings. The first-order valence-corrected chi connectivity index (χ1v) is 4.43. The molecule has 0 radical (unpaired) electrons. The van der Waals surface area contributed by atoms with Gasteiger partial charge in [0, 0.05) is 0 Å². The van der Waals surface area contributed by atoms with E-state index in [1.165, 1.54) is 0 Å². The number of rotatable bonds is 2. The van der Waals surface area contributed by atoms with Crippen LogP contribution in [-0.4, -0.2) is 5.60 Å². The highest BCUT2D eigenvalue weighted by molar-refractivity contribution is 5.49. The Morgan fingerprint density at radius 1 is 1.31 bits per heavy atom. The molecule has 0 aliphatic carbocycles. The van der Waals surface area contributed by atoms with Crippen molar-refractivity contribution in [1.82, 2.24) is 0 Å². The van der Waals surface area contributed by atoms with Crippen molar-refractivity contribution in [2.75, 3.05) is 0 Å². The van der Waals surface area contributed by atoms with Crippen LogP contribution in [0.3, 0.4) is 0 Å². The lowest BCUT2D eigenvalue weighted by atomic mass is 10.1. The number of ether oxygens (including phenoxy) is 1. The Hall–Kier alpha value is -1.24. The van der Waals surface area contributed by atoms with Crippen molar-refractivity contribution >= 4 is 6.08 Å². The Kier molecular flexibility index (Phi) is 2.76. The molecule has 0 unspecified atom stereocenters. The Labute approximate surface area is 80.0 Å². The second-order valence-corrected chi connectivity index (χ2v) is 3.99. The highest BCUT2D eigenvalue weighted by Gasteiger charge is 2.11. The summed E-state index contributed by atoms with van der Waals surface area (Å²) in [6, 6.07) is 7.91. The number of hydrogen-bond acceptors (Lipinski definition) is 1. The van der Waals surface area contributed by atoms with Crippen LogP contribution in [0, 0.1) is 0 Å². The summed E-state index contributed by atoms with van der Waals surface area (Å²) in [5.74, 6) is 0.893. The Balaban J connectivity index is 2.84. The van der Waals surface area contributed by atoms with E-state index < -0.39 is 0 Å². The van der Waals surface area contributed by atoms with Gasteiger partial charge in [0.1, 0.15) is 11.4 Å². The summed E-state index contributed by atoms with van der Waals surface area (Å²) in [5, 5.41) is 0. The van der Waals surface area contributed by atoms with E-state index in [-0.39, 0.29) is 5.60 Å². The lowest BCUT2D eigenvalue weighted by molar-refractivity contribution is 0.131. The first-order valence-electron chi connectivity index (χ1n) is 4.43. The molecule has 1 aromatic carbocycles. The molecule has 0 aromatic heterocycles. The van der Waals surface area contributed by atoms with Crippen molar-refractivity contribution in [3.8, 4) is 5.75 Å². The summed E-state index contributed by atoms with van der Waals surface area (Å²) >= 11 is 0. The molecule has 0 heterocycles. The Morgan fingerprint density at radius 3 is 2.54 bits per heavy atom. The van der Waals surface area contributed by atoms with E-state index in [4.69, 9.17) is 4.74 Å². The smallest absolute Gasteiger partial charge is 0.120 e. The van der Waals surface area contributed by atoms with Gasteiger partial charge in [0.05, 0.1) is 0 Å². The maximum atomic E-state index is 5.70. The molecule has 0 aliphatic rings. The minimum atomic E-state index is -0.139. The molecule has 0 N–H and O–H groups in total. The molecule has 0 atom stereocenters. The van der Waals surface area contributed by atoms with E-state index in [0.717, 1.165) is 11.3 Å². The summed E-state index contributed by atoms with van der Waals surface area (Å²) in [6.07, 6.45) is 1.82. The molecule has 1 nitrogen and oxygen atoms in total. The van der Waals surface area contributed by atoms with Crippen LogP contribution in [-0.2, 0) is 0 Å². The maximum absolute atomic E-state index is 5.70. The third kappa shape index (κ3) is 3.32. The molecule has 1 aromatic rings. The van der Waals surface area contributed by atoms with E-state index in [1.807, 2.05) is 51.1 Å². The largest absolute Gasteiger partial charge is 0.488 e. The van der Waals surface area contributed by atoms with Crippen molar-refractivity contribution < 1.29 is 4.74 Å². The van der Waals surface area contributed by atoms with Crippen LogP contribution in [0.25, 0.3) is 6.08 Å². The van der Waals surface area contributed by atoms with Gasteiger partial charge in [-0.2, -0.15) is 0 Å². The van der Waals surface area contributed by atoms with Gasteiger partial charge in [0.2, 0.25) is 0 Å². The monoisotopic (exact) mass is 176 g/mol. The number of hydrogen-bond donors (Lipinski definition) is 0. The molecule has 0 saturated carbocycles. The van der Waals surface area contributed by atoms with Gasteiger partial charge in [-0.3, -0.25) is 0 Å². The molecule has 0 aliphatic heterocycles. The SMILES string of the molecule is C=Cc1cccc(OC(C)(C)C)c1. The summed E-state index contributed by atoms with van der Waals surface area (Å²) in [4.78, 5) is 0. The highest BCUT2D eigenvalue weighted by Crippen LogP contribution is 2.19. The van der Waals surface area contributed by atoms with E-state index in [9.17, 15) is 0 Å². The van der Waals surface area contributed by atoms with Gasteiger partial charge in [-0.05, 0) is 38.5 Å². The van der Waals surface area contributed by atoms with Gasteiger partial charge in [0.15, 0.2) is 0 Å². The molecule has 13 heavy (non-hydrogen) atoms. The van der Waals surface area contributed by atoms with Gasteiger partial charge in [0.25, 0.3) is 0 Å². The van der Waals surface area contributed by atoms with E-state index in [0.29, 0.717) is 0 Å². The zero-order valence-electron chi connectivity index (χ0n) is 8.50.